The second-order valence-electron chi connectivity index (χ2n) is 3.19. The molecule has 0 amide bonds. The number of nitrogens with one attached hydrogen (secondary N) is 1. The lowest BCUT2D eigenvalue weighted by molar-refractivity contribution is -0.347. The highest BCUT2D eigenvalue weighted by Gasteiger charge is 2.38. The van der Waals surface area contributed by atoms with Crippen LogP contribution in [0, 0.1) is 0 Å². The molecule has 0 bridgehead atoms. The first kappa shape index (κ1) is 11.8. The fourth-order valence-corrected chi connectivity index (χ4v) is 1.12. The van der Waals surface area contributed by atoms with Gasteiger partial charge in [-0.25, -0.2) is 0 Å². The first-order chi connectivity index (χ1) is 6.85. The second-order valence-corrected chi connectivity index (χ2v) is 3.19. The third kappa shape index (κ3) is 3.77. The molecule has 0 aromatic rings. The van der Waals surface area contributed by atoms with Gasteiger partial charge in [0.2, 0.25) is 0 Å². The Labute approximate surface area is 85.1 Å². The topological polar surface area (TPSA) is 47.3 Å². The van der Waals surface area contributed by atoms with Crippen molar-refractivity contribution in [3.8, 4) is 0 Å². The van der Waals surface area contributed by atoms with Gasteiger partial charge in [0.1, 0.15) is 5.60 Å². The monoisotopic (exact) mass is 220 g/mol. The van der Waals surface area contributed by atoms with Crippen LogP contribution in [0.15, 0.2) is 36.1 Å². The van der Waals surface area contributed by atoms with Crippen molar-refractivity contribution in [2.24, 2.45) is 5.84 Å². The molecule has 0 fully saturated rings. The van der Waals surface area contributed by atoms with E-state index in [9.17, 15) is 13.2 Å². The van der Waals surface area contributed by atoms with Crippen LogP contribution in [0.3, 0.4) is 0 Å². The summed E-state index contributed by atoms with van der Waals surface area (Å²) in [4.78, 5) is 0. The maximum atomic E-state index is 12.0. The standard InChI is InChI=1S/C9H11F3N2O/c1-8(15-9(10,11)12)5-2-3-7(14-13)4-6-8/h2-6,14H,13H2,1H3. The Morgan fingerprint density at radius 2 is 2.07 bits per heavy atom. The summed E-state index contributed by atoms with van der Waals surface area (Å²) in [5.74, 6) is 5.12. The van der Waals surface area contributed by atoms with E-state index in [1.54, 1.807) is 6.08 Å². The van der Waals surface area contributed by atoms with Gasteiger partial charge in [-0.15, -0.1) is 13.2 Å². The predicted octanol–water partition coefficient (Wildman–Crippen LogP) is 1.75. The molecule has 0 aliphatic heterocycles. The van der Waals surface area contributed by atoms with Gasteiger partial charge in [-0.1, -0.05) is 6.08 Å². The second kappa shape index (κ2) is 4.08. The van der Waals surface area contributed by atoms with E-state index >= 15 is 0 Å². The Hall–Kier alpha value is -1.27. The number of hydrogen-bond acceptors (Lipinski definition) is 3. The molecule has 0 heterocycles. The maximum Gasteiger partial charge on any atom is 0.523 e. The van der Waals surface area contributed by atoms with Crippen molar-refractivity contribution in [1.29, 1.82) is 0 Å². The molecule has 84 valence electrons. The van der Waals surface area contributed by atoms with Crippen LogP contribution in [0.1, 0.15) is 6.92 Å². The van der Waals surface area contributed by atoms with Gasteiger partial charge in [-0.05, 0) is 31.2 Å². The van der Waals surface area contributed by atoms with Crippen molar-refractivity contribution in [2.75, 3.05) is 0 Å². The summed E-state index contributed by atoms with van der Waals surface area (Å²) in [6, 6.07) is 0. The molecular weight excluding hydrogens is 209 g/mol. The molecular formula is C9H11F3N2O. The van der Waals surface area contributed by atoms with Gasteiger partial charge in [-0.3, -0.25) is 10.6 Å². The van der Waals surface area contributed by atoms with Crippen LogP contribution in [0.5, 0.6) is 0 Å². The Morgan fingerprint density at radius 1 is 1.40 bits per heavy atom. The molecule has 0 spiro atoms. The largest absolute Gasteiger partial charge is 0.523 e. The Bertz CT molecular complexity index is 320. The number of halogens is 3. The zero-order valence-corrected chi connectivity index (χ0v) is 8.01. The molecule has 1 aliphatic carbocycles. The van der Waals surface area contributed by atoms with Crippen molar-refractivity contribution in [1.82, 2.24) is 5.43 Å². The van der Waals surface area contributed by atoms with E-state index in [4.69, 9.17) is 5.84 Å². The van der Waals surface area contributed by atoms with Gasteiger partial charge in [-0.2, -0.15) is 0 Å². The number of ether oxygens (including phenoxy) is 1. The van der Waals surface area contributed by atoms with E-state index in [0.717, 1.165) is 0 Å². The summed E-state index contributed by atoms with van der Waals surface area (Å²) in [6.07, 6.45) is 2.30. The Kier molecular flexibility index (Phi) is 3.21. The summed E-state index contributed by atoms with van der Waals surface area (Å²) >= 11 is 0. The van der Waals surface area contributed by atoms with Gasteiger partial charge in [0.25, 0.3) is 0 Å². The average molecular weight is 220 g/mol. The van der Waals surface area contributed by atoms with Crippen molar-refractivity contribution in [2.45, 2.75) is 18.9 Å². The molecule has 1 unspecified atom stereocenters. The fourth-order valence-electron chi connectivity index (χ4n) is 1.12. The van der Waals surface area contributed by atoms with Gasteiger partial charge >= 0.3 is 6.36 Å². The molecule has 0 aromatic carbocycles. The Morgan fingerprint density at radius 3 is 2.60 bits per heavy atom. The highest BCUT2D eigenvalue weighted by molar-refractivity contribution is 5.31. The van der Waals surface area contributed by atoms with E-state index in [1.807, 2.05) is 0 Å². The number of hydrogen-bond donors (Lipinski definition) is 2. The van der Waals surface area contributed by atoms with Crippen molar-refractivity contribution in [3.05, 3.63) is 36.1 Å². The third-order valence-corrected chi connectivity index (χ3v) is 1.80. The van der Waals surface area contributed by atoms with E-state index in [-0.39, 0.29) is 0 Å². The van der Waals surface area contributed by atoms with Crippen LogP contribution >= 0.6 is 0 Å². The van der Waals surface area contributed by atoms with Gasteiger partial charge in [0.15, 0.2) is 0 Å². The molecule has 0 aromatic heterocycles. The quantitative estimate of drug-likeness (QED) is 0.550. The normalized spacial score (nSPS) is 26.1. The minimum absolute atomic E-state index is 0.501. The third-order valence-electron chi connectivity index (χ3n) is 1.80. The lowest BCUT2D eigenvalue weighted by Crippen LogP contribution is -2.31. The molecule has 6 heteroatoms. The zero-order valence-electron chi connectivity index (χ0n) is 8.01. The summed E-state index contributed by atoms with van der Waals surface area (Å²) in [5, 5.41) is 0. The molecule has 0 radical (unpaired) electrons. The number of alkyl halides is 3. The van der Waals surface area contributed by atoms with E-state index < -0.39 is 12.0 Å². The first-order valence-electron chi connectivity index (χ1n) is 4.17. The van der Waals surface area contributed by atoms with Gasteiger partial charge in [0.05, 0.1) is 0 Å². The highest BCUT2D eigenvalue weighted by atomic mass is 19.4. The number of rotatable bonds is 2. The minimum atomic E-state index is -4.68. The number of hydrazine groups is 1. The molecule has 1 atom stereocenters. The highest BCUT2D eigenvalue weighted by Crippen LogP contribution is 2.28. The molecule has 15 heavy (non-hydrogen) atoms. The summed E-state index contributed by atoms with van der Waals surface area (Å²) < 4.78 is 40.1. The van der Waals surface area contributed by atoms with Gasteiger partial charge < -0.3 is 5.43 Å². The van der Waals surface area contributed by atoms with Crippen LogP contribution in [0.25, 0.3) is 0 Å². The predicted molar refractivity (Wildman–Crippen MR) is 49.2 cm³/mol. The summed E-state index contributed by atoms with van der Waals surface area (Å²) in [7, 11) is 0. The molecule has 1 rings (SSSR count). The smallest absolute Gasteiger partial charge is 0.324 e. The number of nitrogens with two attached hydrogens (primary N) is 1. The molecule has 1 aliphatic rings. The van der Waals surface area contributed by atoms with Crippen molar-refractivity contribution in [3.63, 3.8) is 0 Å². The van der Waals surface area contributed by atoms with Crippen LogP contribution in [-0.4, -0.2) is 12.0 Å². The minimum Gasteiger partial charge on any atom is -0.324 e. The Balaban J connectivity index is 2.82. The van der Waals surface area contributed by atoms with Crippen LogP contribution < -0.4 is 11.3 Å². The molecule has 3 N–H and O–H groups in total. The lowest BCUT2D eigenvalue weighted by Gasteiger charge is -2.23. The summed E-state index contributed by atoms with van der Waals surface area (Å²) in [5.41, 5.74) is 1.32. The van der Waals surface area contributed by atoms with Crippen LogP contribution in [-0.2, 0) is 4.74 Å². The zero-order chi connectivity index (χ0) is 11.5. The summed E-state index contributed by atoms with van der Waals surface area (Å²) in [6.45, 7) is 1.31. The van der Waals surface area contributed by atoms with Crippen LogP contribution in [0.2, 0.25) is 0 Å². The van der Waals surface area contributed by atoms with E-state index in [2.05, 4.69) is 10.2 Å². The van der Waals surface area contributed by atoms with Crippen LogP contribution in [0.4, 0.5) is 13.2 Å². The molecule has 0 saturated heterocycles. The molecule has 0 saturated carbocycles. The maximum absolute atomic E-state index is 12.0. The first-order valence-corrected chi connectivity index (χ1v) is 4.17. The van der Waals surface area contributed by atoms with Gasteiger partial charge in [0, 0.05) is 5.70 Å². The lowest BCUT2D eigenvalue weighted by atomic mass is 10.1. The number of allylic oxidation sites excluding steroid dienone is 3. The van der Waals surface area contributed by atoms with E-state index in [1.165, 1.54) is 31.2 Å². The van der Waals surface area contributed by atoms with E-state index in [0.29, 0.717) is 5.70 Å². The van der Waals surface area contributed by atoms with Crippen molar-refractivity contribution < 1.29 is 17.9 Å². The average Bonchev–Trinajstić information content (AvgIpc) is 2.24. The SMILES string of the molecule is CC1(OC(F)(F)F)C=CC=C(NN)C=C1. The molecule has 3 nitrogen and oxygen atoms in total. The van der Waals surface area contributed by atoms with Crippen molar-refractivity contribution >= 4 is 0 Å². The fraction of sp³-hybridized carbons (Fsp3) is 0.333.